The maximum atomic E-state index is 12.8. The molecule has 0 spiro atoms. The van der Waals surface area contributed by atoms with Crippen molar-refractivity contribution in [3.63, 3.8) is 0 Å². The maximum Gasteiger partial charge on any atom is 0.422 e. The predicted octanol–water partition coefficient (Wildman–Crippen LogP) is 6.04. The third-order valence-electron chi connectivity index (χ3n) is 1.87. The summed E-state index contributed by atoms with van der Waals surface area (Å²) >= 11 is 0.673. The lowest BCUT2D eigenvalue weighted by Crippen LogP contribution is -2.10. The summed E-state index contributed by atoms with van der Waals surface area (Å²) in [4.78, 5) is -0.143. The van der Waals surface area contributed by atoms with Crippen LogP contribution in [-0.2, 0) is 4.74 Å². The van der Waals surface area contributed by atoms with E-state index in [2.05, 4.69) is 13.2 Å². The Morgan fingerprint density at radius 3 is 2.10 bits per heavy atom. The highest BCUT2D eigenvalue weighted by molar-refractivity contribution is 8.06. The van der Waals surface area contributed by atoms with Gasteiger partial charge in [0.25, 0.3) is 0 Å². The predicted molar refractivity (Wildman–Crippen MR) is 87.2 cm³/mol. The van der Waals surface area contributed by atoms with Crippen LogP contribution in [0.5, 0.6) is 0 Å². The summed E-state index contributed by atoms with van der Waals surface area (Å²) in [5.74, 6) is 0. The summed E-state index contributed by atoms with van der Waals surface area (Å²) < 4.78 is 43.4. The second-order valence-corrected chi connectivity index (χ2v) is 5.02. The van der Waals surface area contributed by atoms with Crippen LogP contribution < -0.4 is 0 Å². The highest BCUT2D eigenvalue weighted by Crippen LogP contribution is 2.39. The van der Waals surface area contributed by atoms with Gasteiger partial charge in [-0.1, -0.05) is 48.2 Å². The molecule has 0 fully saturated rings. The summed E-state index contributed by atoms with van der Waals surface area (Å²) in [7, 11) is 1.45. The van der Waals surface area contributed by atoms with Crippen LogP contribution in [0.2, 0.25) is 0 Å². The SMILES string of the molecule is C=C/C=C(C)/C=C(/S/C(=C\C)COC)C(F)(F)F.C=CC. The van der Waals surface area contributed by atoms with Gasteiger partial charge in [-0.25, -0.2) is 0 Å². The summed E-state index contributed by atoms with van der Waals surface area (Å²) in [6.07, 6.45) is 3.07. The molecule has 0 aromatic heterocycles. The van der Waals surface area contributed by atoms with E-state index < -0.39 is 11.1 Å². The quantitative estimate of drug-likeness (QED) is 0.436. The summed E-state index contributed by atoms with van der Waals surface area (Å²) in [5.41, 5.74) is 0.498. The molecule has 0 unspecified atom stereocenters. The first-order chi connectivity index (χ1) is 9.76. The fourth-order valence-corrected chi connectivity index (χ4v) is 2.00. The van der Waals surface area contributed by atoms with Crippen molar-refractivity contribution in [3.05, 3.63) is 58.9 Å². The molecule has 0 atom stereocenters. The Balaban J connectivity index is 0. The smallest absolute Gasteiger partial charge is 0.379 e. The number of ether oxygens (including phenoxy) is 1. The summed E-state index contributed by atoms with van der Waals surface area (Å²) in [6.45, 7) is 12.1. The number of alkyl halides is 3. The third kappa shape index (κ3) is 12.3. The molecule has 0 aromatic rings. The van der Waals surface area contributed by atoms with Crippen molar-refractivity contribution in [3.8, 4) is 0 Å². The fraction of sp³-hybridized carbons (Fsp3) is 0.375. The molecule has 0 saturated heterocycles. The van der Waals surface area contributed by atoms with Gasteiger partial charge in [-0.15, -0.1) is 6.58 Å². The van der Waals surface area contributed by atoms with Crippen molar-refractivity contribution < 1.29 is 17.9 Å². The van der Waals surface area contributed by atoms with Gasteiger partial charge < -0.3 is 4.74 Å². The Hall–Kier alpha value is -1.20. The van der Waals surface area contributed by atoms with E-state index in [9.17, 15) is 13.2 Å². The average molecular weight is 320 g/mol. The van der Waals surface area contributed by atoms with Crippen molar-refractivity contribution in [1.82, 2.24) is 0 Å². The number of allylic oxidation sites excluding steroid dienone is 7. The Bertz CT molecular complexity index is 404. The topological polar surface area (TPSA) is 9.23 Å². The molecular formula is C16H23F3OS. The first kappa shape index (κ1) is 22.1. The number of rotatable bonds is 6. The summed E-state index contributed by atoms with van der Waals surface area (Å²) in [5, 5.41) is 0. The van der Waals surface area contributed by atoms with E-state index in [0.717, 1.165) is 6.08 Å². The van der Waals surface area contributed by atoms with E-state index in [-0.39, 0.29) is 6.61 Å². The van der Waals surface area contributed by atoms with Crippen molar-refractivity contribution in [1.29, 1.82) is 0 Å². The van der Waals surface area contributed by atoms with Crippen LogP contribution in [0.4, 0.5) is 13.2 Å². The molecule has 0 saturated carbocycles. The van der Waals surface area contributed by atoms with Crippen LogP contribution in [0.25, 0.3) is 0 Å². The zero-order valence-electron chi connectivity index (χ0n) is 13.0. The van der Waals surface area contributed by atoms with Crippen LogP contribution in [0, 0.1) is 0 Å². The molecule has 0 aliphatic rings. The largest absolute Gasteiger partial charge is 0.422 e. The van der Waals surface area contributed by atoms with Gasteiger partial charge in [0.1, 0.15) is 0 Å². The van der Waals surface area contributed by atoms with E-state index >= 15 is 0 Å². The van der Waals surface area contributed by atoms with Gasteiger partial charge in [0.05, 0.1) is 11.5 Å². The Morgan fingerprint density at radius 1 is 1.24 bits per heavy atom. The lowest BCUT2D eigenvalue weighted by atomic mass is 10.2. The first-order valence-corrected chi connectivity index (χ1v) is 7.05. The Morgan fingerprint density at radius 2 is 1.76 bits per heavy atom. The van der Waals surface area contributed by atoms with Gasteiger partial charge in [-0.2, -0.15) is 13.2 Å². The molecule has 5 heteroatoms. The highest BCUT2D eigenvalue weighted by atomic mass is 32.2. The van der Waals surface area contributed by atoms with Gasteiger partial charge in [0.2, 0.25) is 0 Å². The number of thioether (sulfide) groups is 1. The standard InChI is InChI=1S/C13H17F3OS.C3H6/c1-5-7-10(3)8-12(13(14,15)16)18-11(6-2)9-17-4;1-3-2/h5-8H,1,9H2,2-4H3;3H,1H2,2H3/b10-7+,11-6-,12-8+;. The van der Waals surface area contributed by atoms with Crippen LogP contribution in [0.3, 0.4) is 0 Å². The molecule has 0 N–H and O–H groups in total. The lowest BCUT2D eigenvalue weighted by Gasteiger charge is -2.13. The molecule has 0 aliphatic carbocycles. The van der Waals surface area contributed by atoms with Gasteiger partial charge in [-0.05, 0) is 26.8 Å². The Labute approximate surface area is 130 Å². The third-order valence-corrected chi connectivity index (χ3v) is 3.05. The van der Waals surface area contributed by atoms with Crippen molar-refractivity contribution >= 4 is 11.8 Å². The lowest BCUT2D eigenvalue weighted by molar-refractivity contribution is -0.0836. The minimum Gasteiger partial charge on any atom is -0.379 e. The molecule has 0 rings (SSSR count). The molecule has 0 aromatic carbocycles. The monoisotopic (exact) mass is 320 g/mol. The summed E-state index contributed by atoms with van der Waals surface area (Å²) in [6, 6.07) is 0. The van der Waals surface area contributed by atoms with Crippen LogP contribution in [-0.4, -0.2) is 19.9 Å². The van der Waals surface area contributed by atoms with Crippen LogP contribution >= 0.6 is 11.8 Å². The molecule has 0 amide bonds. The van der Waals surface area contributed by atoms with Gasteiger partial charge >= 0.3 is 6.18 Å². The molecular weight excluding hydrogens is 297 g/mol. The molecule has 21 heavy (non-hydrogen) atoms. The normalized spacial score (nSPS) is 13.4. The van der Waals surface area contributed by atoms with Crippen molar-refractivity contribution in [2.45, 2.75) is 26.9 Å². The molecule has 0 heterocycles. The number of methoxy groups -OCH3 is 1. The van der Waals surface area contributed by atoms with E-state index in [1.807, 2.05) is 6.92 Å². The van der Waals surface area contributed by atoms with Crippen LogP contribution in [0.15, 0.2) is 58.9 Å². The van der Waals surface area contributed by atoms with Crippen LogP contribution in [0.1, 0.15) is 20.8 Å². The molecule has 0 radical (unpaired) electrons. The minimum absolute atomic E-state index is 0.165. The van der Waals surface area contributed by atoms with Crippen molar-refractivity contribution in [2.24, 2.45) is 0 Å². The van der Waals surface area contributed by atoms with Gasteiger partial charge in [-0.3, -0.25) is 0 Å². The van der Waals surface area contributed by atoms with E-state index in [1.54, 1.807) is 26.0 Å². The minimum atomic E-state index is -4.37. The average Bonchev–Trinajstić information content (AvgIpc) is 2.37. The van der Waals surface area contributed by atoms with Gasteiger partial charge in [0.15, 0.2) is 0 Å². The van der Waals surface area contributed by atoms with E-state index in [4.69, 9.17) is 4.74 Å². The second kappa shape index (κ2) is 12.5. The van der Waals surface area contributed by atoms with E-state index in [0.29, 0.717) is 22.2 Å². The molecule has 1 nitrogen and oxygen atoms in total. The number of halogens is 3. The Kier molecular flexibility index (Phi) is 13.2. The zero-order chi connectivity index (χ0) is 16.9. The fourth-order valence-electron chi connectivity index (χ4n) is 1.07. The zero-order valence-corrected chi connectivity index (χ0v) is 13.8. The van der Waals surface area contributed by atoms with E-state index in [1.165, 1.54) is 19.3 Å². The van der Waals surface area contributed by atoms with Gasteiger partial charge in [0, 0.05) is 12.0 Å². The number of hydrogen-bond acceptors (Lipinski definition) is 2. The molecule has 120 valence electrons. The maximum absolute atomic E-state index is 12.8. The second-order valence-electron chi connectivity index (χ2n) is 3.85. The number of hydrogen-bond donors (Lipinski definition) is 0. The first-order valence-electron chi connectivity index (χ1n) is 6.23. The molecule has 0 aliphatic heterocycles. The van der Waals surface area contributed by atoms with Crippen molar-refractivity contribution in [2.75, 3.05) is 13.7 Å². The highest BCUT2D eigenvalue weighted by Gasteiger charge is 2.34. The molecule has 0 bridgehead atoms.